The van der Waals surface area contributed by atoms with Gasteiger partial charge in [-0.15, -0.1) is 0 Å². The Morgan fingerprint density at radius 1 is 1.41 bits per heavy atom. The van der Waals surface area contributed by atoms with Gasteiger partial charge in [0.1, 0.15) is 5.75 Å². The molecule has 0 saturated carbocycles. The zero-order valence-corrected chi connectivity index (χ0v) is 11.7. The summed E-state index contributed by atoms with van der Waals surface area (Å²) in [6.45, 7) is 5.88. The molecular formula is C13H21NO2S. The van der Waals surface area contributed by atoms with Gasteiger partial charge in [0.2, 0.25) is 0 Å². The average molecular weight is 255 g/mol. The van der Waals surface area contributed by atoms with Crippen molar-refractivity contribution in [3.05, 3.63) is 29.8 Å². The van der Waals surface area contributed by atoms with E-state index in [1.807, 2.05) is 45.0 Å². The number of methoxy groups -OCH3 is 1. The van der Waals surface area contributed by atoms with Crippen LogP contribution in [0.4, 0.5) is 0 Å². The van der Waals surface area contributed by atoms with Gasteiger partial charge in [0, 0.05) is 27.3 Å². The molecule has 0 aliphatic heterocycles. The van der Waals surface area contributed by atoms with Crippen molar-refractivity contribution in [2.45, 2.75) is 31.6 Å². The van der Waals surface area contributed by atoms with E-state index in [0.717, 1.165) is 11.3 Å². The lowest BCUT2D eigenvalue weighted by Gasteiger charge is -2.21. The molecule has 2 N–H and O–H groups in total. The van der Waals surface area contributed by atoms with Crippen LogP contribution in [-0.4, -0.2) is 21.8 Å². The molecule has 0 saturated heterocycles. The minimum absolute atomic E-state index is 0.217. The summed E-state index contributed by atoms with van der Waals surface area (Å²) in [7, 11) is 0.681. The van der Waals surface area contributed by atoms with Crippen molar-refractivity contribution in [2.24, 2.45) is 5.73 Å². The van der Waals surface area contributed by atoms with Crippen LogP contribution in [0.1, 0.15) is 32.4 Å². The number of ether oxygens (including phenoxy) is 1. The van der Waals surface area contributed by atoms with Crippen molar-refractivity contribution in [1.29, 1.82) is 0 Å². The normalized spacial score (nSPS) is 15.4. The first-order valence-electron chi connectivity index (χ1n) is 5.62. The molecule has 1 aromatic rings. The second-order valence-corrected chi connectivity index (χ2v) is 7.26. The van der Waals surface area contributed by atoms with Crippen LogP contribution in [0, 0.1) is 0 Å². The highest BCUT2D eigenvalue weighted by Crippen LogP contribution is 2.21. The Bertz CT molecular complexity index is 399. The minimum atomic E-state index is -0.942. The summed E-state index contributed by atoms with van der Waals surface area (Å²) < 4.78 is 16.9. The molecule has 0 radical (unpaired) electrons. The van der Waals surface area contributed by atoms with Crippen molar-refractivity contribution in [2.75, 3.05) is 12.9 Å². The number of benzene rings is 1. The molecule has 0 aliphatic carbocycles. The lowest BCUT2D eigenvalue weighted by Crippen LogP contribution is -2.29. The van der Waals surface area contributed by atoms with E-state index in [-0.39, 0.29) is 10.8 Å². The molecule has 0 heterocycles. The lowest BCUT2D eigenvalue weighted by molar-refractivity contribution is 0.414. The highest BCUT2D eigenvalue weighted by atomic mass is 32.2. The molecular weight excluding hydrogens is 234 g/mol. The molecule has 96 valence electrons. The molecule has 1 rings (SSSR count). The monoisotopic (exact) mass is 255 g/mol. The van der Waals surface area contributed by atoms with Gasteiger partial charge >= 0.3 is 0 Å². The summed E-state index contributed by atoms with van der Waals surface area (Å²) in [5, 5.41) is 0. The summed E-state index contributed by atoms with van der Waals surface area (Å²) in [6, 6.07) is 7.38. The topological polar surface area (TPSA) is 52.3 Å². The smallest absolute Gasteiger partial charge is 0.119 e. The van der Waals surface area contributed by atoms with Crippen LogP contribution in [-0.2, 0) is 10.8 Å². The quantitative estimate of drug-likeness (QED) is 0.897. The van der Waals surface area contributed by atoms with Gasteiger partial charge in [0.05, 0.1) is 7.11 Å². The Balaban J connectivity index is 2.76. The number of hydrogen-bond acceptors (Lipinski definition) is 3. The molecule has 2 atom stereocenters. The van der Waals surface area contributed by atoms with E-state index >= 15 is 0 Å². The van der Waals surface area contributed by atoms with E-state index in [9.17, 15) is 4.21 Å². The minimum Gasteiger partial charge on any atom is -0.497 e. The van der Waals surface area contributed by atoms with E-state index in [2.05, 4.69) is 0 Å². The lowest BCUT2D eigenvalue weighted by atomic mass is 10.1. The summed E-state index contributed by atoms with van der Waals surface area (Å²) in [4.78, 5) is 0. The molecule has 1 aromatic carbocycles. The summed E-state index contributed by atoms with van der Waals surface area (Å²) >= 11 is 0. The Labute approximate surface area is 106 Å². The number of nitrogens with two attached hydrogens (primary N) is 1. The number of rotatable bonds is 4. The molecule has 4 heteroatoms. The van der Waals surface area contributed by atoms with E-state index in [4.69, 9.17) is 10.5 Å². The number of hydrogen-bond donors (Lipinski definition) is 1. The summed E-state index contributed by atoms with van der Waals surface area (Å²) in [5.74, 6) is 1.25. The van der Waals surface area contributed by atoms with Gasteiger partial charge in [-0.1, -0.05) is 12.1 Å². The highest BCUT2D eigenvalue weighted by Gasteiger charge is 2.22. The fourth-order valence-corrected chi connectivity index (χ4v) is 2.40. The van der Waals surface area contributed by atoms with Crippen LogP contribution in [0.5, 0.6) is 5.75 Å². The van der Waals surface area contributed by atoms with Crippen LogP contribution in [0.15, 0.2) is 24.3 Å². The summed E-state index contributed by atoms with van der Waals surface area (Å²) in [6.07, 6.45) is 0. The SMILES string of the molecule is COc1cccc(C(N)CS(=O)C(C)(C)C)c1. The molecule has 3 nitrogen and oxygen atoms in total. The van der Waals surface area contributed by atoms with E-state index in [1.165, 1.54) is 0 Å². The van der Waals surface area contributed by atoms with Crippen LogP contribution in [0.3, 0.4) is 0 Å². The molecule has 0 amide bonds. The third-order valence-corrected chi connectivity index (χ3v) is 4.56. The van der Waals surface area contributed by atoms with Crippen molar-refractivity contribution >= 4 is 10.8 Å². The van der Waals surface area contributed by atoms with Crippen LogP contribution in [0.25, 0.3) is 0 Å². The zero-order chi connectivity index (χ0) is 13.1. The fourth-order valence-electron chi connectivity index (χ4n) is 1.38. The van der Waals surface area contributed by atoms with E-state index < -0.39 is 10.8 Å². The van der Waals surface area contributed by atoms with Gasteiger partial charge in [-0.05, 0) is 38.5 Å². The molecule has 0 aliphatic rings. The molecule has 0 spiro atoms. The second-order valence-electron chi connectivity index (χ2n) is 5.01. The maximum Gasteiger partial charge on any atom is 0.119 e. The maximum atomic E-state index is 12.0. The molecule has 0 bridgehead atoms. The second kappa shape index (κ2) is 5.65. The Morgan fingerprint density at radius 3 is 2.59 bits per heavy atom. The third-order valence-electron chi connectivity index (χ3n) is 2.54. The predicted octanol–water partition coefficient (Wildman–Crippen LogP) is 2.24. The van der Waals surface area contributed by atoms with Crippen molar-refractivity contribution < 1.29 is 8.95 Å². The van der Waals surface area contributed by atoms with Gasteiger partial charge < -0.3 is 10.5 Å². The van der Waals surface area contributed by atoms with Crippen LogP contribution < -0.4 is 10.5 Å². The molecule has 0 fully saturated rings. The molecule has 17 heavy (non-hydrogen) atoms. The maximum absolute atomic E-state index is 12.0. The van der Waals surface area contributed by atoms with Crippen molar-refractivity contribution in [3.8, 4) is 5.75 Å². The van der Waals surface area contributed by atoms with Crippen molar-refractivity contribution in [3.63, 3.8) is 0 Å². The van der Waals surface area contributed by atoms with Crippen LogP contribution in [0.2, 0.25) is 0 Å². The van der Waals surface area contributed by atoms with Gasteiger partial charge in [0.25, 0.3) is 0 Å². The van der Waals surface area contributed by atoms with E-state index in [0.29, 0.717) is 5.75 Å². The predicted molar refractivity (Wildman–Crippen MR) is 72.7 cm³/mol. The standard InChI is InChI=1S/C13H21NO2S/c1-13(2,3)17(15)9-12(14)10-6-5-7-11(8-10)16-4/h5-8,12H,9,14H2,1-4H3. The highest BCUT2D eigenvalue weighted by molar-refractivity contribution is 7.86. The summed E-state index contributed by atoms with van der Waals surface area (Å²) in [5.41, 5.74) is 7.03. The first-order valence-corrected chi connectivity index (χ1v) is 6.94. The van der Waals surface area contributed by atoms with Crippen LogP contribution >= 0.6 is 0 Å². The largest absolute Gasteiger partial charge is 0.497 e. The molecule has 2 unspecified atom stereocenters. The molecule has 0 aromatic heterocycles. The van der Waals surface area contributed by atoms with Crippen molar-refractivity contribution in [1.82, 2.24) is 0 Å². The van der Waals surface area contributed by atoms with Gasteiger partial charge in [-0.25, -0.2) is 0 Å². The zero-order valence-electron chi connectivity index (χ0n) is 10.9. The Morgan fingerprint density at radius 2 is 2.06 bits per heavy atom. The van der Waals surface area contributed by atoms with Gasteiger partial charge in [-0.3, -0.25) is 4.21 Å². The first-order chi connectivity index (χ1) is 7.84. The Hall–Kier alpha value is -0.870. The Kier molecular flexibility index (Phi) is 4.71. The first kappa shape index (κ1) is 14.2. The van der Waals surface area contributed by atoms with E-state index in [1.54, 1.807) is 7.11 Å². The average Bonchev–Trinajstić information content (AvgIpc) is 2.27. The van der Waals surface area contributed by atoms with Gasteiger partial charge in [0.15, 0.2) is 0 Å². The van der Waals surface area contributed by atoms with Gasteiger partial charge in [-0.2, -0.15) is 0 Å². The fraction of sp³-hybridized carbons (Fsp3) is 0.538. The third kappa shape index (κ3) is 4.13.